The number of aliphatic hydroxyl groups excluding tert-OH is 1. The van der Waals surface area contributed by atoms with Crippen LogP contribution in [0.25, 0.3) is 0 Å². The Kier molecular flexibility index (Phi) is 3.97. The van der Waals surface area contributed by atoms with E-state index in [4.69, 9.17) is 9.84 Å². The second-order valence-electron chi connectivity index (χ2n) is 4.53. The van der Waals surface area contributed by atoms with Gasteiger partial charge in [-0.1, -0.05) is 12.1 Å². The van der Waals surface area contributed by atoms with E-state index in [1.54, 1.807) is 18.2 Å². The first-order valence-electron chi connectivity index (χ1n) is 5.90. The summed E-state index contributed by atoms with van der Waals surface area (Å²) in [6, 6.07) is 5.56. The first-order valence-corrected chi connectivity index (χ1v) is 5.90. The molecule has 0 aromatic heterocycles. The first-order chi connectivity index (χ1) is 8.24. The molecule has 4 heteroatoms. The van der Waals surface area contributed by atoms with Crippen molar-refractivity contribution >= 4 is 0 Å². The molecule has 94 valence electrons. The van der Waals surface area contributed by atoms with Gasteiger partial charge < -0.3 is 15.2 Å². The summed E-state index contributed by atoms with van der Waals surface area (Å²) in [6.45, 7) is 0.761. The minimum Gasteiger partial charge on any atom is -0.494 e. The third-order valence-corrected chi connectivity index (χ3v) is 3.34. The van der Waals surface area contributed by atoms with Gasteiger partial charge in [-0.2, -0.15) is 0 Å². The van der Waals surface area contributed by atoms with Gasteiger partial charge in [0.15, 0.2) is 11.6 Å². The summed E-state index contributed by atoms with van der Waals surface area (Å²) in [5, 5.41) is 12.2. The average Bonchev–Trinajstić information content (AvgIpc) is 2.29. The van der Waals surface area contributed by atoms with Gasteiger partial charge in [-0.25, -0.2) is 4.39 Å². The molecule has 1 aromatic rings. The molecule has 1 saturated carbocycles. The molecule has 0 unspecified atom stereocenters. The molecule has 0 atom stereocenters. The van der Waals surface area contributed by atoms with E-state index in [0.29, 0.717) is 24.1 Å². The summed E-state index contributed by atoms with van der Waals surface area (Å²) in [6.07, 6.45) is 1.95. The molecule has 0 heterocycles. The van der Waals surface area contributed by atoms with Crippen LogP contribution in [0.4, 0.5) is 4.39 Å². The van der Waals surface area contributed by atoms with Gasteiger partial charge in [0.25, 0.3) is 0 Å². The maximum absolute atomic E-state index is 13.8. The summed E-state index contributed by atoms with van der Waals surface area (Å²) >= 11 is 0. The normalized spacial score (nSPS) is 23.2. The molecule has 0 spiro atoms. The van der Waals surface area contributed by atoms with Crippen LogP contribution in [-0.4, -0.2) is 24.9 Å². The van der Waals surface area contributed by atoms with E-state index in [-0.39, 0.29) is 18.2 Å². The number of hydrogen-bond acceptors (Lipinski definition) is 3. The highest BCUT2D eigenvalue weighted by atomic mass is 19.1. The lowest BCUT2D eigenvalue weighted by molar-refractivity contribution is 0.126. The van der Waals surface area contributed by atoms with Crippen molar-refractivity contribution in [3.8, 4) is 5.75 Å². The average molecular weight is 239 g/mol. The Labute approximate surface area is 101 Å². The molecule has 0 aliphatic heterocycles. The quantitative estimate of drug-likeness (QED) is 0.821. The Morgan fingerprint density at radius 3 is 2.88 bits per heavy atom. The van der Waals surface area contributed by atoms with Crippen molar-refractivity contribution < 1.29 is 14.2 Å². The zero-order chi connectivity index (χ0) is 12.3. The molecule has 0 amide bonds. The summed E-state index contributed by atoms with van der Waals surface area (Å²) < 4.78 is 18.7. The third kappa shape index (κ3) is 2.76. The lowest BCUT2D eigenvalue weighted by Crippen LogP contribution is -2.42. The van der Waals surface area contributed by atoms with Gasteiger partial charge in [-0.05, 0) is 24.8 Å². The Morgan fingerprint density at radius 2 is 2.24 bits per heavy atom. The Balaban J connectivity index is 1.87. The van der Waals surface area contributed by atoms with Gasteiger partial charge in [0.05, 0.1) is 7.11 Å². The smallest absolute Gasteiger partial charge is 0.169 e. The molecule has 0 bridgehead atoms. The number of hydrogen-bond donors (Lipinski definition) is 2. The van der Waals surface area contributed by atoms with E-state index < -0.39 is 0 Å². The molecular formula is C13H18FNO2. The number of nitrogens with one attached hydrogen (secondary N) is 1. The Morgan fingerprint density at radius 1 is 1.47 bits per heavy atom. The molecule has 3 nitrogen and oxygen atoms in total. The van der Waals surface area contributed by atoms with Crippen LogP contribution < -0.4 is 10.1 Å². The lowest BCUT2D eigenvalue weighted by Gasteiger charge is -2.34. The molecule has 2 rings (SSSR count). The zero-order valence-electron chi connectivity index (χ0n) is 9.95. The van der Waals surface area contributed by atoms with E-state index in [1.807, 2.05) is 0 Å². The summed E-state index contributed by atoms with van der Waals surface area (Å²) in [5.74, 6) is 0.411. The van der Waals surface area contributed by atoms with Crippen LogP contribution in [0.15, 0.2) is 18.2 Å². The molecule has 1 aliphatic carbocycles. The number of halogens is 1. The molecule has 1 aromatic carbocycles. The summed E-state index contributed by atoms with van der Waals surface area (Å²) in [4.78, 5) is 0. The monoisotopic (exact) mass is 239 g/mol. The summed E-state index contributed by atoms with van der Waals surface area (Å²) in [5.41, 5.74) is 0.622. The highest BCUT2D eigenvalue weighted by Crippen LogP contribution is 2.27. The Bertz CT molecular complexity index is 378. The number of methoxy groups -OCH3 is 1. The van der Waals surface area contributed by atoms with Crippen LogP contribution in [0.5, 0.6) is 5.75 Å². The van der Waals surface area contributed by atoms with Crippen molar-refractivity contribution in [2.75, 3.05) is 13.7 Å². The van der Waals surface area contributed by atoms with E-state index >= 15 is 0 Å². The van der Waals surface area contributed by atoms with Crippen LogP contribution in [0.1, 0.15) is 18.4 Å². The predicted molar refractivity (Wildman–Crippen MR) is 63.4 cm³/mol. The molecular weight excluding hydrogens is 221 g/mol. The fourth-order valence-electron chi connectivity index (χ4n) is 2.16. The van der Waals surface area contributed by atoms with Crippen LogP contribution in [0.2, 0.25) is 0 Å². The van der Waals surface area contributed by atoms with Gasteiger partial charge in [0.1, 0.15) is 0 Å². The minimum atomic E-state index is -0.291. The molecule has 1 aliphatic rings. The van der Waals surface area contributed by atoms with Crippen molar-refractivity contribution in [3.63, 3.8) is 0 Å². The fraction of sp³-hybridized carbons (Fsp3) is 0.538. The second kappa shape index (κ2) is 5.47. The van der Waals surface area contributed by atoms with Crippen molar-refractivity contribution in [1.29, 1.82) is 0 Å². The summed E-state index contributed by atoms with van der Waals surface area (Å²) in [7, 11) is 1.47. The van der Waals surface area contributed by atoms with Crippen molar-refractivity contribution in [3.05, 3.63) is 29.6 Å². The van der Waals surface area contributed by atoms with E-state index in [1.165, 1.54) is 7.11 Å². The van der Waals surface area contributed by atoms with Crippen molar-refractivity contribution in [1.82, 2.24) is 5.32 Å². The highest BCUT2D eigenvalue weighted by Gasteiger charge is 2.27. The van der Waals surface area contributed by atoms with Gasteiger partial charge in [-0.15, -0.1) is 0 Å². The van der Waals surface area contributed by atoms with Crippen molar-refractivity contribution in [2.45, 2.75) is 25.4 Å². The minimum absolute atomic E-state index is 0.256. The second-order valence-corrected chi connectivity index (χ2v) is 4.53. The van der Waals surface area contributed by atoms with Gasteiger partial charge in [0, 0.05) is 24.8 Å². The maximum atomic E-state index is 13.8. The van der Waals surface area contributed by atoms with E-state index in [0.717, 1.165) is 12.8 Å². The zero-order valence-corrected chi connectivity index (χ0v) is 9.95. The van der Waals surface area contributed by atoms with Crippen LogP contribution in [0, 0.1) is 11.7 Å². The lowest BCUT2D eigenvalue weighted by atomic mass is 9.81. The van der Waals surface area contributed by atoms with Crippen molar-refractivity contribution in [2.24, 2.45) is 5.92 Å². The molecule has 0 saturated heterocycles. The number of benzene rings is 1. The van der Waals surface area contributed by atoms with Crippen LogP contribution in [0.3, 0.4) is 0 Å². The van der Waals surface area contributed by atoms with Gasteiger partial charge >= 0.3 is 0 Å². The van der Waals surface area contributed by atoms with E-state index in [2.05, 4.69) is 5.32 Å². The predicted octanol–water partition coefficient (Wildman–Crippen LogP) is 1.69. The molecule has 0 radical (unpaired) electrons. The van der Waals surface area contributed by atoms with Gasteiger partial charge in [-0.3, -0.25) is 0 Å². The number of aliphatic hydroxyl groups is 1. The van der Waals surface area contributed by atoms with E-state index in [9.17, 15) is 4.39 Å². The number of rotatable bonds is 5. The molecule has 17 heavy (non-hydrogen) atoms. The first kappa shape index (κ1) is 12.3. The molecule has 1 fully saturated rings. The Hall–Kier alpha value is -1.13. The molecule has 2 N–H and O–H groups in total. The van der Waals surface area contributed by atoms with Crippen LogP contribution >= 0.6 is 0 Å². The third-order valence-electron chi connectivity index (χ3n) is 3.34. The van der Waals surface area contributed by atoms with Gasteiger partial charge in [0.2, 0.25) is 0 Å². The largest absolute Gasteiger partial charge is 0.494 e. The van der Waals surface area contributed by atoms with Crippen LogP contribution in [-0.2, 0) is 6.54 Å². The topological polar surface area (TPSA) is 41.5 Å². The maximum Gasteiger partial charge on any atom is 0.169 e. The number of ether oxygens (including phenoxy) is 1. The SMILES string of the molecule is COc1cccc(CNC2CC(CO)C2)c1F. The highest BCUT2D eigenvalue weighted by molar-refractivity contribution is 5.30. The standard InChI is InChI=1S/C13H18FNO2/c1-17-12-4-2-3-10(13(12)14)7-15-11-5-9(6-11)8-16/h2-4,9,11,15-16H,5-8H2,1H3. The fourth-order valence-corrected chi connectivity index (χ4v) is 2.16.